The minimum absolute atomic E-state index is 0.00762. The largest absolute Gasteiger partial charge is 0.358 e. The molecule has 1 saturated heterocycles. The summed E-state index contributed by atoms with van der Waals surface area (Å²) in [5.41, 5.74) is 4.64. The average Bonchev–Trinajstić information content (AvgIpc) is 3.07. The zero-order valence-electron chi connectivity index (χ0n) is 13.7. The molecule has 0 radical (unpaired) electrons. The van der Waals surface area contributed by atoms with Crippen molar-refractivity contribution >= 4 is 22.7 Å². The van der Waals surface area contributed by atoms with E-state index in [1.54, 1.807) is 4.90 Å². The molecule has 122 valence electrons. The molecule has 0 aliphatic carbocycles. The number of hydrogen-bond donors (Lipinski definition) is 2. The van der Waals surface area contributed by atoms with Gasteiger partial charge in [0.05, 0.1) is 0 Å². The van der Waals surface area contributed by atoms with Crippen molar-refractivity contribution in [1.29, 1.82) is 0 Å². The first kappa shape index (κ1) is 15.6. The van der Waals surface area contributed by atoms with Crippen LogP contribution >= 0.6 is 0 Å². The van der Waals surface area contributed by atoms with Gasteiger partial charge in [0.1, 0.15) is 0 Å². The Labute approximate surface area is 136 Å². The molecule has 3 rings (SSSR count). The van der Waals surface area contributed by atoms with Crippen LogP contribution in [0.3, 0.4) is 0 Å². The molecule has 1 aromatic carbocycles. The number of rotatable bonds is 5. The molecule has 0 bridgehead atoms. The summed E-state index contributed by atoms with van der Waals surface area (Å²) in [6, 6.07) is 6.21. The van der Waals surface area contributed by atoms with E-state index in [4.69, 9.17) is 0 Å². The maximum Gasteiger partial charge on any atom is 0.222 e. The second kappa shape index (κ2) is 6.44. The molecule has 2 aromatic rings. The van der Waals surface area contributed by atoms with Gasteiger partial charge in [0.25, 0.3) is 0 Å². The molecule has 1 aromatic heterocycles. The highest BCUT2D eigenvalue weighted by atomic mass is 16.2. The molecular formula is C18H23N3O2. The number of amides is 2. The molecule has 2 N–H and O–H groups in total. The molecule has 5 heteroatoms. The van der Waals surface area contributed by atoms with E-state index >= 15 is 0 Å². The Hall–Kier alpha value is -2.30. The number of fused-ring (bicyclic) bond motifs is 1. The fourth-order valence-electron chi connectivity index (χ4n) is 3.08. The molecule has 5 nitrogen and oxygen atoms in total. The first-order valence-electron chi connectivity index (χ1n) is 8.17. The number of benzene rings is 1. The van der Waals surface area contributed by atoms with E-state index in [9.17, 15) is 9.59 Å². The number of likely N-dealkylation sites (tertiary alicyclic amines) is 1. The van der Waals surface area contributed by atoms with Gasteiger partial charge in [0.2, 0.25) is 11.8 Å². The second-order valence-electron chi connectivity index (χ2n) is 6.27. The van der Waals surface area contributed by atoms with Gasteiger partial charge in [-0.05, 0) is 43.5 Å². The summed E-state index contributed by atoms with van der Waals surface area (Å²) >= 11 is 0. The van der Waals surface area contributed by atoms with Crippen LogP contribution in [0.1, 0.15) is 36.1 Å². The normalized spacial score (nSPS) is 14.7. The molecular weight excluding hydrogens is 290 g/mol. The van der Waals surface area contributed by atoms with Crippen LogP contribution in [0.4, 0.5) is 0 Å². The lowest BCUT2D eigenvalue weighted by Gasteiger charge is -2.14. The molecule has 2 heterocycles. The van der Waals surface area contributed by atoms with Crippen LogP contribution in [0.15, 0.2) is 18.2 Å². The van der Waals surface area contributed by atoms with Gasteiger partial charge in [-0.3, -0.25) is 9.59 Å². The Morgan fingerprint density at radius 2 is 2.17 bits per heavy atom. The summed E-state index contributed by atoms with van der Waals surface area (Å²) in [5.74, 6) is 0.160. The number of aromatic amines is 1. The Balaban J connectivity index is 1.54. The van der Waals surface area contributed by atoms with E-state index in [2.05, 4.69) is 36.3 Å². The first-order chi connectivity index (χ1) is 11.0. The van der Waals surface area contributed by atoms with Crippen molar-refractivity contribution < 1.29 is 9.59 Å². The molecule has 0 unspecified atom stereocenters. The molecule has 1 fully saturated rings. The summed E-state index contributed by atoms with van der Waals surface area (Å²) in [4.78, 5) is 28.6. The number of nitrogens with zero attached hydrogens (tertiary/aromatic N) is 1. The Kier molecular flexibility index (Phi) is 4.37. The van der Waals surface area contributed by atoms with E-state index in [1.807, 2.05) is 6.07 Å². The number of carbonyl (C=O) groups is 2. The van der Waals surface area contributed by atoms with E-state index in [0.29, 0.717) is 25.9 Å². The first-order valence-corrected chi connectivity index (χ1v) is 8.17. The average molecular weight is 313 g/mol. The van der Waals surface area contributed by atoms with Crippen LogP contribution in [0, 0.1) is 13.8 Å². The molecule has 0 atom stereocenters. The molecule has 0 saturated carbocycles. The minimum atomic E-state index is -0.00762. The highest BCUT2D eigenvalue weighted by Crippen LogP contribution is 2.22. The number of carbonyl (C=O) groups excluding carboxylic acids is 2. The third kappa shape index (κ3) is 3.38. The van der Waals surface area contributed by atoms with Crippen LogP contribution in [-0.2, 0) is 16.1 Å². The van der Waals surface area contributed by atoms with Crippen LogP contribution in [0.25, 0.3) is 10.9 Å². The van der Waals surface area contributed by atoms with E-state index < -0.39 is 0 Å². The second-order valence-corrected chi connectivity index (χ2v) is 6.27. The summed E-state index contributed by atoms with van der Waals surface area (Å²) < 4.78 is 0. The zero-order chi connectivity index (χ0) is 16.4. The monoisotopic (exact) mass is 313 g/mol. The SMILES string of the molecule is Cc1[nH]c2ccc(CNC(=O)CCN3CCCC3=O)cc2c1C. The summed E-state index contributed by atoms with van der Waals surface area (Å²) in [5, 5.41) is 4.15. The van der Waals surface area contributed by atoms with Gasteiger partial charge in [-0.25, -0.2) is 0 Å². The zero-order valence-corrected chi connectivity index (χ0v) is 13.7. The third-order valence-corrected chi connectivity index (χ3v) is 4.64. The smallest absolute Gasteiger partial charge is 0.222 e. The van der Waals surface area contributed by atoms with Gasteiger partial charge < -0.3 is 15.2 Å². The van der Waals surface area contributed by atoms with Gasteiger partial charge in [0.15, 0.2) is 0 Å². The van der Waals surface area contributed by atoms with Crippen LogP contribution < -0.4 is 5.32 Å². The number of aromatic nitrogens is 1. The molecule has 23 heavy (non-hydrogen) atoms. The van der Waals surface area contributed by atoms with E-state index in [-0.39, 0.29) is 11.8 Å². The lowest BCUT2D eigenvalue weighted by atomic mass is 10.1. The lowest BCUT2D eigenvalue weighted by Crippen LogP contribution is -2.31. The quantitative estimate of drug-likeness (QED) is 0.890. The molecule has 1 aliphatic rings. The Bertz CT molecular complexity index is 748. The van der Waals surface area contributed by atoms with E-state index in [1.165, 1.54) is 16.6 Å². The van der Waals surface area contributed by atoms with Gasteiger partial charge in [-0.2, -0.15) is 0 Å². The summed E-state index contributed by atoms with van der Waals surface area (Å²) in [7, 11) is 0. The number of hydrogen-bond acceptors (Lipinski definition) is 2. The van der Waals surface area contributed by atoms with Crippen molar-refractivity contribution in [2.45, 2.75) is 39.7 Å². The predicted molar refractivity (Wildman–Crippen MR) is 90.1 cm³/mol. The van der Waals surface area contributed by atoms with Crippen molar-refractivity contribution in [2.24, 2.45) is 0 Å². The van der Waals surface area contributed by atoms with Crippen LogP contribution in [-0.4, -0.2) is 34.8 Å². The van der Waals surface area contributed by atoms with Crippen molar-refractivity contribution in [2.75, 3.05) is 13.1 Å². The topological polar surface area (TPSA) is 65.2 Å². The third-order valence-electron chi connectivity index (χ3n) is 4.64. The van der Waals surface area contributed by atoms with Gasteiger partial charge in [-0.1, -0.05) is 6.07 Å². The van der Waals surface area contributed by atoms with Crippen molar-refractivity contribution in [1.82, 2.24) is 15.2 Å². The Morgan fingerprint density at radius 1 is 1.35 bits per heavy atom. The van der Waals surface area contributed by atoms with Crippen LogP contribution in [0.2, 0.25) is 0 Å². The van der Waals surface area contributed by atoms with Gasteiger partial charge in [-0.15, -0.1) is 0 Å². The van der Waals surface area contributed by atoms with Crippen molar-refractivity contribution in [3.63, 3.8) is 0 Å². The number of H-pyrrole nitrogens is 1. The highest BCUT2D eigenvalue weighted by Gasteiger charge is 2.20. The fourth-order valence-corrected chi connectivity index (χ4v) is 3.08. The van der Waals surface area contributed by atoms with Crippen molar-refractivity contribution in [3.8, 4) is 0 Å². The number of nitrogens with one attached hydrogen (secondary N) is 2. The van der Waals surface area contributed by atoms with E-state index in [0.717, 1.165) is 24.0 Å². The fraction of sp³-hybridized carbons (Fsp3) is 0.444. The number of aryl methyl sites for hydroxylation is 2. The molecule has 1 aliphatic heterocycles. The predicted octanol–water partition coefficient (Wildman–Crippen LogP) is 2.41. The lowest BCUT2D eigenvalue weighted by molar-refractivity contribution is -0.128. The van der Waals surface area contributed by atoms with Crippen molar-refractivity contribution in [3.05, 3.63) is 35.0 Å². The summed E-state index contributed by atoms with van der Waals surface area (Å²) in [6.45, 7) is 6.00. The molecule has 0 spiro atoms. The summed E-state index contributed by atoms with van der Waals surface area (Å²) in [6.07, 6.45) is 1.91. The maximum absolute atomic E-state index is 12.0. The van der Waals surface area contributed by atoms with Crippen LogP contribution in [0.5, 0.6) is 0 Å². The highest BCUT2D eigenvalue weighted by molar-refractivity contribution is 5.85. The van der Waals surface area contributed by atoms with Gasteiger partial charge in [0, 0.05) is 49.1 Å². The minimum Gasteiger partial charge on any atom is -0.358 e. The van der Waals surface area contributed by atoms with Gasteiger partial charge >= 0.3 is 0 Å². The Morgan fingerprint density at radius 3 is 2.91 bits per heavy atom. The molecule has 2 amide bonds. The standard InChI is InChI=1S/C18H23N3O2/c1-12-13(2)20-16-6-5-14(10-15(12)16)11-19-17(22)7-9-21-8-3-4-18(21)23/h5-6,10,20H,3-4,7-9,11H2,1-2H3,(H,19,22). The maximum atomic E-state index is 12.0.